The minimum Gasteiger partial charge on any atom is -0.496 e. The molecule has 1 aliphatic rings. The molecule has 21 heavy (non-hydrogen) atoms. The lowest BCUT2D eigenvalue weighted by Crippen LogP contribution is -2.24. The van der Waals surface area contributed by atoms with Crippen LogP contribution in [0.15, 0.2) is 36.4 Å². The monoisotopic (exact) mass is 305 g/mol. The highest BCUT2D eigenvalue weighted by molar-refractivity contribution is 5.88. The maximum Gasteiger partial charge on any atom is 0.124 e. The highest BCUT2D eigenvalue weighted by atomic mass is 35.5. The zero-order chi connectivity index (χ0) is 13.9. The average molecular weight is 306 g/mol. The summed E-state index contributed by atoms with van der Waals surface area (Å²) in [5.74, 6) is 1.52. The van der Waals surface area contributed by atoms with E-state index in [1.807, 2.05) is 0 Å². The summed E-state index contributed by atoms with van der Waals surface area (Å²) in [6.45, 7) is 0. The number of halogens is 1. The Labute approximate surface area is 133 Å². The van der Waals surface area contributed by atoms with Crippen LogP contribution < -0.4 is 10.5 Å². The molecule has 2 aromatic rings. The van der Waals surface area contributed by atoms with Gasteiger partial charge in [-0.1, -0.05) is 49.6 Å². The minimum atomic E-state index is 0. The van der Waals surface area contributed by atoms with Crippen LogP contribution in [0.3, 0.4) is 0 Å². The Bertz CT molecular complexity index is 593. The second-order valence-electron chi connectivity index (χ2n) is 5.83. The van der Waals surface area contributed by atoms with Gasteiger partial charge in [0.2, 0.25) is 0 Å². The Hall–Kier alpha value is -1.25. The predicted molar refractivity (Wildman–Crippen MR) is 91.3 cm³/mol. The van der Waals surface area contributed by atoms with Gasteiger partial charge in [-0.2, -0.15) is 0 Å². The van der Waals surface area contributed by atoms with Gasteiger partial charge in [-0.15, -0.1) is 12.4 Å². The number of fused-ring (bicyclic) bond motifs is 1. The summed E-state index contributed by atoms with van der Waals surface area (Å²) in [5.41, 5.74) is 7.82. The van der Waals surface area contributed by atoms with Crippen molar-refractivity contribution in [3.05, 3.63) is 42.0 Å². The van der Waals surface area contributed by atoms with Crippen molar-refractivity contribution in [3.63, 3.8) is 0 Å². The largest absolute Gasteiger partial charge is 0.496 e. The van der Waals surface area contributed by atoms with E-state index in [0.717, 1.165) is 5.75 Å². The maximum atomic E-state index is 6.63. The van der Waals surface area contributed by atoms with Crippen molar-refractivity contribution in [3.8, 4) is 5.75 Å². The summed E-state index contributed by atoms with van der Waals surface area (Å²) in [6, 6.07) is 12.7. The number of rotatable bonds is 3. The van der Waals surface area contributed by atoms with Crippen molar-refractivity contribution in [1.29, 1.82) is 0 Å². The van der Waals surface area contributed by atoms with Crippen LogP contribution in [-0.2, 0) is 0 Å². The molecule has 3 heteroatoms. The number of ether oxygens (including phenoxy) is 1. The van der Waals surface area contributed by atoms with Gasteiger partial charge in [0, 0.05) is 11.6 Å². The van der Waals surface area contributed by atoms with Gasteiger partial charge in [0.15, 0.2) is 0 Å². The summed E-state index contributed by atoms with van der Waals surface area (Å²) in [7, 11) is 1.74. The molecule has 2 N–H and O–H groups in total. The summed E-state index contributed by atoms with van der Waals surface area (Å²) < 4.78 is 5.59. The molecule has 1 atom stereocenters. The van der Waals surface area contributed by atoms with E-state index in [2.05, 4.69) is 36.4 Å². The van der Waals surface area contributed by atoms with Crippen molar-refractivity contribution in [2.24, 2.45) is 11.7 Å². The molecule has 0 amide bonds. The summed E-state index contributed by atoms with van der Waals surface area (Å²) in [6.07, 6.45) is 6.47. The van der Waals surface area contributed by atoms with E-state index >= 15 is 0 Å². The quantitative estimate of drug-likeness (QED) is 0.879. The van der Waals surface area contributed by atoms with E-state index in [1.54, 1.807) is 7.11 Å². The first kappa shape index (κ1) is 16.1. The van der Waals surface area contributed by atoms with Gasteiger partial charge in [-0.05, 0) is 35.6 Å². The third-order valence-corrected chi connectivity index (χ3v) is 4.64. The first-order valence-corrected chi connectivity index (χ1v) is 7.62. The lowest BCUT2D eigenvalue weighted by Gasteiger charge is -2.29. The highest BCUT2D eigenvalue weighted by Gasteiger charge is 2.25. The van der Waals surface area contributed by atoms with Crippen LogP contribution in [-0.4, -0.2) is 7.11 Å². The molecule has 0 unspecified atom stereocenters. The average Bonchev–Trinajstić information content (AvgIpc) is 2.54. The fraction of sp³-hybridized carbons (Fsp3) is 0.444. The summed E-state index contributed by atoms with van der Waals surface area (Å²) in [5, 5.41) is 2.49. The van der Waals surface area contributed by atoms with Crippen LogP contribution in [0.4, 0.5) is 0 Å². The lowest BCUT2D eigenvalue weighted by atomic mass is 9.80. The highest BCUT2D eigenvalue weighted by Crippen LogP contribution is 2.39. The van der Waals surface area contributed by atoms with Crippen LogP contribution in [0.5, 0.6) is 5.75 Å². The number of methoxy groups -OCH3 is 1. The normalized spacial score (nSPS) is 17.2. The fourth-order valence-electron chi connectivity index (χ4n) is 3.53. The molecule has 3 rings (SSSR count). The van der Waals surface area contributed by atoms with Crippen LogP contribution >= 0.6 is 12.4 Å². The molecule has 0 radical (unpaired) electrons. The van der Waals surface area contributed by atoms with Gasteiger partial charge in [0.25, 0.3) is 0 Å². The Kier molecular flexibility index (Phi) is 5.49. The molecule has 0 saturated heterocycles. The Morgan fingerprint density at radius 3 is 2.48 bits per heavy atom. The fourth-order valence-corrected chi connectivity index (χ4v) is 3.53. The number of hydrogen-bond donors (Lipinski definition) is 1. The molecular formula is C18H24ClNO. The van der Waals surface area contributed by atoms with Gasteiger partial charge in [0.05, 0.1) is 7.11 Å². The van der Waals surface area contributed by atoms with Crippen LogP contribution in [0.2, 0.25) is 0 Å². The zero-order valence-corrected chi connectivity index (χ0v) is 13.4. The molecule has 0 spiro atoms. The molecule has 1 fully saturated rings. The van der Waals surface area contributed by atoms with E-state index in [9.17, 15) is 0 Å². The Morgan fingerprint density at radius 1 is 1.05 bits per heavy atom. The van der Waals surface area contributed by atoms with Crippen LogP contribution in [0.1, 0.15) is 43.7 Å². The zero-order valence-electron chi connectivity index (χ0n) is 12.5. The Morgan fingerprint density at radius 2 is 1.76 bits per heavy atom. The van der Waals surface area contributed by atoms with E-state index in [4.69, 9.17) is 10.5 Å². The maximum absolute atomic E-state index is 6.63. The molecule has 0 aliphatic heterocycles. The number of hydrogen-bond acceptors (Lipinski definition) is 2. The van der Waals surface area contributed by atoms with Crippen molar-refractivity contribution in [2.45, 2.75) is 38.1 Å². The van der Waals surface area contributed by atoms with E-state index < -0.39 is 0 Å². The third-order valence-electron chi connectivity index (χ3n) is 4.64. The standard InChI is InChI=1S/C18H23NO.ClH/c1-20-16-12-11-13-7-5-6-10-15(13)17(16)18(19)14-8-3-2-4-9-14;/h5-7,10-12,14,18H,2-4,8-9,19H2,1H3;1H/t18-;/m0./s1. The second kappa shape index (κ2) is 7.15. The van der Waals surface area contributed by atoms with E-state index in [0.29, 0.717) is 5.92 Å². The van der Waals surface area contributed by atoms with Crippen molar-refractivity contribution in [1.82, 2.24) is 0 Å². The molecule has 114 valence electrons. The molecule has 0 bridgehead atoms. The molecule has 0 aromatic heterocycles. The molecule has 2 aromatic carbocycles. The van der Waals surface area contributed by atoms with E-state index in [1.165, 1.54) is 48.4 Å². The van der Waals surface area contributed by atoms with Crippen molar-refractivity contribution < 1.29 is 4.74 Å². The van der Waals surface area contributed by atoms with Gasteiger partial charge in [0.1, 0.15) is 5.75 Å². The third kappa shape index (κ3) is 3.17. The Balaban J connectivity index is 0.00000161. The van der Waals surface area contributed by atoms with Gasteiger partial charge in [-0.3, -0.25) is 0 Å². The molecule has 1 aliphatic carbocycles. The first-order valence-electron chi connectivity index (χ1n) is 7.62. The summed E-state index contributed by atoms with van der Waals surface area (Å²) in [4.78, 5) is 0. The minimum absolute atomic E-state index is 0. The van der Waals surface area contributed by atoms with Crippen LogP contribution in [0, 0.1) is 5.92 Å². The van der Waals surface area contributed by atoms with Gasteiger partial charge in [-0.25, -0.2) is 0 Å². The molecule has 0 heterocycles. The molecular weight excluding hydrogens is 282 g/mol. The SMILES string of the molecule is COc1ccc2ccccc2c1[C@@H](N)C1CCCCC1.Cl. The van der Waals surface area contributed by atoms with Gasteiger partial charge < -0.3 is 10.5 Å². The van der Waals surface area contributed by atoms with Gasteiger partial charge >= 0.3 is 0 Å². The smallest absolute Gasteiger partial charge is 0.124 e. The molecule has 1 saturated carbocycles. The second-order valence-corrected chi connectivity index (χ2v) is 5.83. The summed E-state index contributed by atoms with van der Waals surface area (Å²) >= 11 is 0. The number of benzene rings is 2. The predicted octanol–water partition coefficient (Wildman–Crippen LogP) is 4.85. The van der Waals surface area contributed by atoms with Crippen molar-refractivity contribution in [2.75, 3.05) is 7.11 Å². The molecule has 2 nitrogen and oxygen atoms in total. The van der Waals surface area contributed by atoms with Crippen molar-refractivity contribution >= 4 is 23.2 Å². The number of nitrogens with two attached hydrogens (primary N) is 1. The van der Waals surface area contributed by atoms with E-state index in [-0.39, 0.29) is 18.4 Å². The lowest BCUT2D eigenvalue weighted by molar-refractivity contribution is 0.302. The topological polar surface area (TPSA) is 35.2 Å². The van der Waals surface area contributed by atoms with Crippen LogP contribution in [0.25, 0.3) is 10.8 Å². The first-order chi connectivity index (χ1) is 9.81.